The Morgan fingerprint density at radius 1 is 0.695 bits per heavy atom. The number of benzene rings is 4. The smallest absolute Gasteiger partial charge is 0.341 e. The summed E-state index contributed by atoms with van der Waals surface area (Å²) in [5, 5.41) is 16.6. The van der Waals surface area contributed by atoms with Crippen molar-refractivity contribution < 1.29 is 93.5 Å². The number of thiazole rings is 1. The Kier molecular flexibility index (Phi) is 41.7. The number of ketones is 4. The Balaban J connectivity index is 0. The standard InChI is InChI=1S/C22H23FO4.C15H18O3.C8H14NOS.C8H14O3.C7H6O.C3H7NO2.BrH/c1-4-27-22(26)19(20(24)14(2)3)18(15-8-6-5-7-9-15)21(25)16-10-12-17(23)13-11-16;1-4-18-15(17)13(14(16)11(2)3)10-12-8-6-5-7-9-12;1-3-9-6-11-8(4-5-10)7(9)2;1-4-11-8(10)5-7(9)6(2)3;8-6-7-4-2-1-3-5-7;4-2-1-3(5)6;/h5-14,18-19H,4H2,1-3H3;5-11H,4H2,1-3H3;6,10H,3-5H2,1-2H3;6H,4-5H2,1-3H3;1-6H;1-2,4H2,(H,5,6);1H/q;;+1;;;;/p-1. The predicted molar refractivity (Wildman–Crippen MR) is 311 cm³/mol. The van der Waals surface area contributed by atoms with Gasteiger partial charge in [0.1, 0.15) is 42.3 Å². The number of carboxylic acids is 1. The summed E-state index contributed by atoms with van der Waals surface area (Å²) in [5.74, 6) is -7.12. The number of Topliss-reactive ketones (excluding diaryl/α,β-unsaturated/α-hetero) is 4. The van der Waals surface area contributed by atoms with Crippen molar-refractivity contribution in [3.8, 4) is 0 Å². The molecule has 82 heavy (non-hydrogen) atoms. The van der Waals surface area contributed by atoms with Crippen molar-refractivity contribution in [3.05, 3.63) is 165 Å². The van der Waals surface area contributed by atoms with Gasteiger partial charge in [-0.05, 0) is 69.2 Å². The van der Waals surface area contributed by atoms with Crippen molar-refractivity contribution in [2.45, 2.75) is 108 Å². The number of aromatic nitrogens is 1. The Hall–Kier alpha value is -7.19. The van der Waals surface area contributed by atoms with Gasteiger partial charge in [0, 0.05) is 55.4 Å². The number of nitrogens with zero attached hydrogens (tertiary/aromatic N) is 1. The van der Waals surface area contributed by atoms with Gasteiger partial charge in [-0.3, -0.25) is 38.4 Å². The van der Waals surface area contributed by atoms with Crippen LogP contribution in [0.1, 0.15) is 130 Å². The van der Waals surface area contributed by atoms with E-state index in [-0.39, 0.29) is 96.5 Å². The molecule has 448 valence electrons. The number of carbonyl (C=O) groups excluding carboxylic acids is 8. The molecule has 0 radical (unpaired) electrons. The van der Waals surface area contributed by atoms with Gasteiger partial charge in [0.25, 0.3) is 0 Å². The summed E-state index contributed by atoms with van der Waals surface area (Å²) in [6, 6.07) is 32.1. The molecular formula is C63H82BrFN2O14S. The van der Waals surface area contributed by atoms with E-state index in [1.807, 2.05) is 48.5 Å². The minimum absolute atomic E-state index is 0. The number of aliphatic carboxylic acids is 1. The first kappa shape index (κ1) is 76.9. The first-order valence-electron chi connectivity index (χ1n) is 26.7. The van der Waals surface area contributed by atoms with Crippen molar-refractivity contribution in [1.82, 2.24) is 0 Å². The highest BCUT2D eigenvalue weighted by Gasteiger charge is 2.42. The number of esters is 3. The van der Waals surface area contributed by atoms with Crippen molar-refractivity contribution in [2.75, 3.05) is 33.0 Å². The fourth-order valence-electron chi connectivity index (χ4n) is 6.74. The van der Waals surface area contributed by atoms with Gasteiger partial charge in [0.2, 0.25) is 5.51 Å². The monoisotopic (exact) mass is 1220 g/mol. The molecule has 0 amide bonds. The molecule has 0 saturated heterocycles. The van der Waals surface area contributed by atoms with Gasteiger partial charge in [-0.1, -0.05) is 144 Å². The highest BCUT2D eigenvalue weighted by molar-refractivity contribution is 7.09. The number of rotatable bonds is 23. The Bertz CT molecular complexity index is 2720. The Labute approximate surface area is 497 Å². The number of hydrogen-bond donors (Lipinski definition) is 3. The molecule has 0 saturated carbocycles. The molecule has 0 aliphatic heterocycles. The molecule has 4 aromatic carbocycles. The summed E-state index contributed by atoms with van der Waals surface area (Å²) in [7, 11) is 0. The third kappa shape index (κ3) is 30.6. The lowest BCUT2D eigenvalue weighted by Gasteiger charge is -2.25. The summed E-state index contributed by atoms with van der Waals surface area (Å²) in [6.45, 7) is 21.9. The van der Waals surface area contributed by atoms with Gasteiger partial charge < -0.3 is 47.1 Å². The van der Waals surface area contributed by atoms with Crippen LogP contribution in [0.15, 0.2) is 126 Å². The van der Waals surface area contributed by atoms with E-state index in [1.54, 1.807) is 122 Å². The van der Waals surface area contributed by atoms with Gasteiger partial charge in [-0.15, -0.1) is 0 Å². The molecule has 0 fully saturated rings. The molecule has 19 heteroatoms. The van der Waals surface area contributed by atoms with Gasteiger partial charge in [-0.25, -0.2) is 9.18 Å². The van der Waals surface area contributed by atoms with E-state index < -0.39 is 53.2 Å². The fourth-order valence-corrected chi connectivity index (χ4v) is 7.80. The van der Waals surface area contributed by atoms with Crippen LogP contribution >= 0.6 is 11.3 Å². The fraction of sp³-hybridized carbons (Fsp3) is 0.397. The molecule has 1 heterocycles. The van der Waals surface area contributed by atoms with Gasteiger partial charge in [0.05, 0.1) is 37.0 Å². The normalized spacial score (nSPS) is 11.0. The first-order chi connectivity index (χ1) is 38.5. The lowest BCUT2D eigenvalue weighted by Crippen LogP contribution is -3.00. The van der Waals surface area contributed by atoms with E-state index in [9.17, 15) is 47.5 Å². The maximum Gasteiger partial charge on any atom is 0.341 e. The van der Waals surface area contributed by atoms with Crippen LogP contribution < -0.4 is 27.3 Å². The number of aliphatic hydroxyl groups excluding tert-OH is 1. The molecular weight excluding hydrogens is 1140 g/mol. The molecule has 4 N–H and O–H groups in total. The number of aryl methyl sites for hydroxylation is 1. The van der Waals surface area contributed by atoms with Crippen molar-refractivity contribution in [2.24, 2.45) is 29.4 Å². The second kappa shape index (κ2) is 44.5. The van der Waals surface area contributed by atoms with Crippen LogP contribution in [-0.4, -0.2) is 96.5 Å². The quantitative estimate of drug-likeness (QED) is 0.00867. The molecule has 0 aliphatic carbocycles. The summed E-state index contributed by atoms with van der Waals surface area (Å²) in [4.78, 5) is 105. The van der Waals surface area contributed by atoms with Crippen LogP contribution in [0.4, 0.5) is 4.39 Å². The highest BCUT2D eigenvalue weighted by Crippen LogP contribution is 2.32. The lowest BCUT2D eigenvalue weighted by molar-refractivity contribution is -0.694. The second-order valence-electron chi connectivity index (χ2n) is 18.3. The number of carboxylic acid groups (broad SMARTS) is 1. The minimum atomic E-state index is -1.26. The minimum Gasteiger partial charge on any atom is -1.00 e. The topological polar surface area (TPSA) is 252 Å². The van der Waals surface area contributed by atoms with Crippen LogP contribution in [0.3, 0.4) is 0 Å². The van der Waals surface area contributed by atoms with E-state index in [1.165, 1.54) is 34.8 Å². The van der Waals surface area contributed by atoms with Crippen molar-refractivity contribution >= 4 is 70.7 Å². The first-order valence-corrected chi connectivity index (χ1v) is 27.6. The summed E-state index contributed by atoms with van der Waals surface area (Å²) in [6.07, 6.45) is 3.19. The summed E-state index contributed by atoms with van der Waals surface area (Å²) in [5.41, 5.74) is 10.7. The molecule has 2 unspecified atom stereocenters. The third-order valence-electron chi connectivity index (χ3n) is 11.1. The van der Waals surface area contributed by atoms with E-state index in [0.717, 1.165) is 30.4 Å². The van der Waals surface area contributed by atoms with Crippen LogP contribution in [-0.2, 0) is 60.7 Å². The maximum absolute atomic E-state index is 13.3. The van der Waals surface area contributed by atoms with E-state index in [2.05, 4.69) is 28.7 Å². The molecule has 5 aromatic rings. The van der Waals surface area contributed by atoms with Gasteiger partial charge >= 0.3 is 23.9 Å². The summed E-state index contributed by atoms with van der Waals surface area (Å²) >= 11 is 1.73. The average molecular weight is 1220 g/mol. The van der Waals surface area contributed by atoms with Crippen LogP contribution in [0.25, 0.3) is 6.08 Å². The van der Waals surface area contributed by atoms with E-state index in [4.69, 9.17) is 25.4 Å². The lowest BCUT2D eigenvalue weighted by atomic mass is 9.76. The SMILES string of the molecule is CCOC(=O)C(=Cc1ccccc1)C(=O)C(C)C.CCOC(=O)C(C(=O)C(C)C)C(C(=O)c1ccc(F)cc1)c1ccccc1.CCOC(=O)CC(=O)C(C)C.CC[n+]1csc(CCO)c1C.NCCC(=O)O.O=Cc1ccccc1.[Br-]. The number of hydrogen-bond acceptors (Lipinski definition) is 15. The Morgan fingerprint density at radius 2 is 1.21 bits per heavy atom. The zero-order valence-electron chi connectivity index (χ0n) is 48.9. The second-order valence-corrected chi connectivity index (χ2v) is 19.2. The maximum atomic E-state index is 13.3. The van der Waals surface area contributed by atoms with Gasteiger partial charge in [0.15, 0.2) is 23.0 Å². The highest BCUT2D eigenvalue weighted by atomic mass is 79.9. The zero-order chi connectivity index (χ0) is 61.5. The number of aliphatic hydroxyl groups is 1. The van der Waals surface area contributed by atoms with Crippen LogP contribution in [0.5, 0.6) is 0 Å². The van der Waals surface area contributed by atoms with E-state index in [0.29, 0.717) is 12.2 Å². The number of ether oxygens (including phenoxy) is 3. The van der Waals surface area contributed by atoms with E-state index >= 15 is 0 Å². The molecule has 1 aromatic heterocycles. The van der Waals surface area contributed by atoms with Crippen LogP contribution in [0.2, 0.25) is 0 Å². The predicted octanol–water partition coefficient (Wildman–Crippen LogP) is 7.04. The van der Waals surface area contributed by atoms with Crippen molar-refractivity contribution in [1.29, 1.82) is 0 Å². The molecule has 5 rings (SSSR count). The molecule has 0 bridgehead atoms. The number of nitrogens with two attached hydrogens (primary N) is 1. The van der Waals surface area contributed by atoms with Crippen LogP contribution in [0, 0.1) is 36.4 Å². The van der Waals surface area contributed by atoms with Crippen molar-refractivity contribution in [3.63, 3.8) is 0 Å². The molecule has 16 nitrogen and oxygen atoms in total. The average Bonchev–Trinajstić information content (AvgIpc) is 3.99. The number of aldehydes is 1. The molecule has 0 spiro atoms. The summed E-state index contributed by atoms with van der Waals surface area (Å²) < 4.78 is 30.1. The third-order valence-corrected chi connectivity index (χ3v) is 12.3. The molecule has 2 atom stereocenters. The zero-order valence-corrected chi connectivity index (χ0v) is 51.3. The largest absolute Gasteiger partial charge is 1.00 e. The Morgan fingerprint density at radius 3 is 1.60 bits per heavy atom. The number of halogens is 2. The van der Waals surface area contributed by atoms with Gasteiger partial charge in [-0.2, -0.15) is 4.57 Å². The number of carbonyl (C=O) groups is 9. The molecule has 0 aliphatic rings.